The van der Waals surface area contributed by atoms with Crippen LogP contribution in [0.3, 0.4) is 0 Å². The number of nitrogens with one attached hydrogen (secondary N) is 3. The number of amides is 1. The zero-order valence-electron chi connectivity index (χ0n) is 9.79. The summed E-state index contributed by atoms with van der Waals surface area (Å²) in [6.07, 6.45) is 4.85. The zero-order valence-corrected chi connectivity index (χ0v) is 9.79. The Morgan fingerprint density at radius 3 is 2.58 bits per heavy atom. The molecule has 3 N–H and O–H groups in total. The van der Waals surface area contributed by atoms with Crippen molar-refractivity contribution < 1.29 is 4.79 Å². The smallest absolute Gasteiger partial charge is 0.258 e. The van der Waals surface area contributed by atoms with Crippen LogP contribution in [0.1, 0.15) is 10.4 Å². The van der Waals surface area contributed by atoms with Crippen LogP contribution in [0.2, 0.25) is 0 Å². The summed E-state index contributed by atoms with van der Waals surface area (Å²) in [4.78, 5) is 15.7. The van der Waals surface area contributed by atoms with E-state index in [2.05, 4.69) is 30.7 Å². The van der Waals surface area contributed by atoms with Crippen molar-refractivity contribution in [1.29, 1.82) is 0 Å². The summed E-state index contributed by atoms with van der Waals surface area (Å²) < 4.78 is 0. The molecule has 1 aromatic carbocycles. The Morgan fingerprint density at radius 1 is 1.11 bits per heavy atom. The number of carbonyl (C=O) groups excluding carboxylic acids is 1. The lowest BCUT2D eigenvalue weighted by molar-refractivity contribution is 0.102. The summed E-state index contributed by atoms with van der Waals surface area (Å²) in [6, 6.07) is 7.21. The molecule has 0 aliphatic carbocycles. The average Bonchev–Trinajstić information content (AvgIpc) is 3.12. The highest BCUT2D eigenvalue weighted by atomic mass is 16.1. The fourth-order valence-corrected chi connectivity index (χ4v) is 1.67. The molecule has 2 heterocycles. The van der Waals surface area contributed by atoms with Crippen LogP contribution in [0.25, 0.3) is 11.1 Å². The number of carbonyl (C=O) groups is 1. The molecule has 7 heteroatoms. The van der Waals surface area contributed by atoms with Gasteiger partial charge >= 0.3 is 0 Å². The summed E-state index contributed by atoms with van der Waals surface area (Å²) in [5.74, 6) is 0.0828. The van der Waals surface area contributed by atoms with Crippen LogP contribution in [0.4, 0.5) is 5.95 Å². The molecule has 1 amide bonds. The van der Waals surface area contributed by atoms with E-state index in [-0.39, 0.29) is 5.91 Å². The third-order valence-electron chi connectivity index (χ3n) is 2.63. The van der Waals surface area contributed by atoms with Crippen molar-refractivity contribution in [3.8, 4) is 11.1 Å². The molecule has 7 nitrogen and oxygen atoms in total. The van der Waals surface area contributed by atoms with Crippen LogP contribution in [0.5, 0.6) is 0 Å². The molecule has 0 unspecified atom stereocenters. The number of nitrogens with zero attached hydrogens (tertiary/aromatic N) is 3. The normalized spacial score (nSPS) is 10.3. The first-order chi connectivity index (χ1) is 9.33. The van der Waals surface area contributed by atoms with Gasteiger partial charge in [0.15, 0.2) is 0 Å². The van der Waals surface area contributed by atoms with E-state index in [4.69, 9.17) is 0 Å². The molecule has 2 aromatic heterocycles. The zero-order chi connectivity index (χ0) is 13.1. The van der Waals surface area contributed by atoms with E-state index in [1.807, 2.05) is 12.1 Å². The maximum atomic E-state index is 11.9. The van der Waals surface area contributed by atoms with Gasteiger partial charge in [0.25, 0.3) is 5.91 Å². The molecule has 3 rings (SSSR count). The van der Waals surface area contributed by atoms with Crippen LogP contribution in [0, 0.1) is 0 Å². The molecule has 0 spiro atoms. The van der Waals surface area contributed by atoms with E-state index in [9.17, 15) is 4.79 Å². The van der Waals surface area contributed by atoms with Gasteiger partial charge < -0.3 is 0 Å². The number of rotatable bonds is 3. The van der Waals surface area contributed by atoms with Crippen LogP contribution < -0.4 is 5.32 Å². The minimum Gasteiger partial charge on any atom is -0.291 e. The first kappa shape index (κ1) is 11.1. The monoisotopic (exact) mass is 254 g/mol. The van der Waals surface area contributed by atoms with E-state index in [1.165, 1.54) is 6.33 Å². The van der Waals surface area contributed by atoms with Crippen molar-refractivity contribution in [3.63, 3.8) is 0 Å². The Labute approximate surface area is 108 Å². The lowest BCUT2D eigenvalue weighted by Gasteiger charge is -2.02. The highest BCUT2D eigenvalue weighted by Gasteiger charge is 2.08. The standard InChI is InChI=1S/C12H10N6O/c19-11(17-12-13-7-16-18-12)9-3-1-8(2-4-9)10-5-14-15-6-10/h1-7H,(H,14,15)(H2,13,16,17,18,19). The number of hydrogen-bond donors (Lipinski definition) is 3. The van der Waals surface area contributed by atoms with Crippen LogP contribution in [-0.4, -0.2) is 31.3 Å². The number of H-pyrrole nitrogens is 2. The van der Waals surface area contributed by atoms with Crippen molar-refractivity contribution in [2.75, 3.05) is 5.32 Å². The van der Waals surface area contributed by atoms with Gasteiger partial charge in [0.05, 0.1) is 6.20 Å². The van der Waals surface area contributed by atoms with E-state index < -0.39 is 0 Å². The molecule has 3 aromatic rings. The van der Waals surface area contributed by atoms with Gasteiger partial charge in [-0.3, -0.25) is 15.2 Å². The third-order valence-corrected chi connectivity index (χ3v) is 2.63. The predicted octanol–water partition coefficient (Wildman–Crippen LogP) is 1.45. The number of benzene rings is 1. The van der Waals surface area contributed by atoms with Gasteiger partial charge in [0.2, 0.25) is 5.95 Å². The third kappa shape index (κ3) is 2.34. The van der Waals surface area contributed by atoms with Crippen molar-refractivity contribution in [3.05, 3.63) is 48.5 Å². The SMILES string of the molecule is O=C(Nc1ncn[nH]1)c1ccc(-c2cn[nH]c2)cc1. The molecule has 0 saturated heterocycles. The van der Waals surface area contributed by atoms with E-state index >= 15 is 0 Å². The fraction of sp³-hybridized carbons (Fsp3) is 0. The predicted molar refractivity (Wildman–Crippen MR) is 68.4 cm³/mol. The number of aromatic amines is 2. The Hall–Kier alpha value is -2.96. The largest absolute Gasteiger partial charge is 0.291 e. The van der Waals surface area contributed by atoms with Gasteiger partial charge in [-0.25, -0.2) is 5.10 Å². The Bertz CT molecular complexity index is 657. The maximum Gasteiger partial charge on any atom is 0.258 e. The van der Waals surface area contributed by atoms with Gasteiger partial charge in [0.1, 0.15) is 6.33 Å². The van der Waals surface area contributed by atoms with Gasteiger partial charge in [-0.2, -0.15) is 15.2 Å². The fourth-order valence-electron chi connectivity index (χ4n) is 1.67. The van der Waals surface area contributed by atoms with Crippen molar-refractivity contribution in [1.82, 2.24) is 25.4 Å². The second-order valence-electron chi connectivity index (χ2n) is 3.85. The van der Waals surface area contributed by atoms with E-state index in [0.29, 0.717) is 11.5 Å². The molecular weight excluding hydrogens is 244 g/mol. The van der Waals surface area contributed by atoms with Crippen molar-refractivity contribution >= 4 is 11.9 Å². The minimum absolute atomic E-state index is 0.240. The van der Waals surface area contributed by atoms with Crippen molar-refractivity contribution in [2.45, 2.75) is 0 Å². The Morgan fingerprint density at radius 2 is 1.95 bits per heavy atom. The summed E-state index contributed by atoms with van der Waals surface area (Å²) in [5.41, 5.74) is 2.51. The highest BCUT2D eigenvalue weighted by molar-refractivity contribution is 6.03. The molecule has 19 heavy (non-hydrogen) atoms. The summed E-state index contributed by atoms with van der Waals surface area (Å²) in [5, 5.41) is 15.5. The van der Waals surface area contributed by atoms with Crippen LogP contribution in [-0.2, 0) is 0 Å². The molecule has 94 valence electrons. The van der Waals surface area contributed by atoms with Gasteiger partial charge in [-0.05, 0) is 17.7 Å². The van der Waals surface area contributed by atoms with Gasteiger partial charge in [-0.15, -0.1) is 0 Å². The Kier molecular flexibility index (Phi) is 2.77. The molecule has 0 saturated carbocycles. The molecule has 0 fully saturated rings. The lowest BCUT2D eigenvalue weighted by Crippen LogP contribution is -2.12. The second kappa shape index (κ2) is 4.73. The Balaban J connectivity index is 1.77. The summed E-state index contributed by atoms with van der Waals surface area (Å²) in [6.45, 7) is 0. The quantitative estimate of drug-likeness (QED) is 0.658. The first-order valence-electron chi connectivity index (χ1n) is 5.59. The molecule has 0 aliphatic rings. The summed E-state index contributed by atoms with van der Waals surface area (Å²) >= 11 is 0. The lowest BCUT2D eigenvalue weighted by atomic mass is 10.1. The van der Waals surface area contributed by atoms with E-state index in [1.54, 1.807) is 24.5 Å². The molecule has 0 aliphatic heterocycles. The molecule has 0 bridgehead atoms. The average molecular weight is 254 g/mol. The topological polar surface area (TPSA) is 99.3 Å². The van der Waals surface area contributed by atoms with Crippen molar-refractivity contribution in [2.24, 2.45) is 0 Å². The van der Waals surface area contributed by atoms with Gasteiger partial charge in [0, 0.05) is 17.3 Å². The summed E-state index contributed by atoms with van der Waals surface area (Å²) in [7, 11) is 0. The molecule has 0 atom stereocenters. The maximum absolute atomic E-state index is 11.9. The first-order valence-corrected chi connectivity index (χ1v) is 5.59. The minimum atomic E-state index is -0.240. The number of aromatic nitrogens is 5. The van der Waals surface area contributed by atoms with E-state index in [0.717, 1.165) is 11.1 Å². The molecular formula is C12H10N6O. The van der Waals surface area contributed by atoms with Gasteiger partial charge in [-0.1, -0.05) is 12.1 Å². The molecule has 0 radical (unpaired) electrons. The second-order valence-corrected chi connectivity index (χ2v) is 3.85. The van der Waals surface area contributed by atoms with Crippen LogP contribution in [0.15, 0.2) is 43.0 Å². The number of hydrogen-bond acceptors (Lipinski definition) is 4. The number of anilines is 1. The highest BCUT2D eigenvalue weighted by Crippen LogP contribution is 2.18. The van der Waals surface area contributed by atoms with Crippen LogP contribution >= 0.6 is 0 Å².